The summed E-state index contributed by atoms with van der Waals surface area (Å²) in [6.45, 7) is 0.355. The fourth-order valence-corrected chi connectivity index (χ4v) is 3.86. The zero-order valence-corrected chi connectivity index (χ0v) is 20.7. The van der Waals surface area contributed by atoms with Gasteiger partial charge in [0.05, 0.1) is 13.2 Å². The summed E-state index contributed by atoms with van der Waals surface area (Å²) in [7, 11) is 3.40. The van der Waals surface area contributed by atoms with Crippen molar-refractivity contribution in [2.45, 2.75) is 32.0 Å². The first-order valence-electron chi connectivity index (χ1n) is 10.5. The number of nitrogens with zero attached hydrogens (tertiary/aromatic N) is 2. The van der Waals surface area contributed by atoms with Crippen molar-refractivity contribution in [3.8, 4) is 11.5 Å². The molecule has 176 valence electrons. The normalized spacial score (nSPS) is 15.2. The molecule has 1 fully saturated rings. The molecule has 0 spiro atoms. The van der Waals surface area contributed by atoms with E-state index in [0.29, 0.717) is 19.0 Å². The van der Waals surface area contributed by atoms with Gasteiger partial charge in [0, 0.05) is 25.7 Å². The molecule has 9 heteroatoms. The Hall–Kier alpha value is -2.14. The minimum absolute atomic E-state index is 0. The van der Waals surface area contributed by atoms with Gasteiger partial charge in [-0.25, -0.2) is 0 Å². The van der Waals surface area contributed by atoms with Gasteiger partial charge < -0.3 is 20.1 Å². The Labute approximate surface area is 205 Å². The maximum Gasteiger partial charge on any atom is 0.387 e. The molecule has 0 aromatic heterocycles. The van der Waals surface area contributed by atoms with Crippen LogP contribution in [0.15, 0.2) is 53.5 Å². The predicted molar refractivity (Wildman–Crippen MR) is 133 cm³/mol. The first kappa shape index (κ1) is 26.1. The molecule has 1 unspecified atom stereocenters. The first-order valence-corrected chi connectivity index (χ1v) is 10.5. The van der Waals surface area contributed by atoms with Gasteiger partial charge in [-0.2, -0.15) is 8.78 Å². The fourth-order valence-electron chi connectivity index (χ4n) is 3.86. The van der Waals surface area contributed by atoms with Crippen molar-refractivity contribution in [3.63, 3.8) is 0 Å². The van der Waals surface area contributed by atoms with Crippen LogP contribution in [0.25, 0.3) is 0 Å². The summed E-state index contributed by atoms with van der Waals surface area (Å²) < 4.78 is 34.9. The zero-order chi connectivity index (χ0) is 22.1. The summed E-state index contributed by atoms with van der Waals surface area (Å²) in [6.07, 6.45) is 2.38. The summed E-state index contributed by atoms with van der Waals surface area (Å²) >= 11 is 0. The number of hydrogen-bond donors (Lipinski definition) is 2. The Morgan fingerprint density at radius 1 is 1.09 bits per heavy atom. The van der Waals surface area contributed by atoms with Gasteiger partial charge in [-0.15, -0.1) is 24.0 Å². The highest BCUT2D eigenvalue weighted by atomic mass is 127. The van der Waals surface area contributed by atoms with Crippen LogP contribution in [0.3, 0.4) is 0 Å². The van der Waals surface area contributed by atoms with Crippen LogP contribution < -0.4 is 20.1 Å². The second kappa shape index (κ2) is 13.4. The van der Waals surface area contributed by atoms with Gasteiger partial charge >= 0.3 is 6.61 Å². The van der Waals surface area contributed by atoms with E-state index in [4.69, 9.17) is 4.74 Å². The monoisotopic (exact) mass is 560 g/mol. The van der Waals surface area contributed by atoms with Gasteiger partial charge in [0.2, 0.25) is 0 Å². The molecular formula is C23H31F2IN4O2. The van der Waals surface area contributed by atoms with Gasteiger partial charge in [0.1, 0.15) is 11.5 Å². The second-order valence-electron chi connectivity index (χ2n) is 7.33. The maximum absolute atomic E-state index is 12.4. The zero-order valence-electron chi connectivity index (χ0n) is 18.4. The van der Waals surface area contributed by atoms with Gasteiger partial charge in [0.15, 0.2) is 5.96 Å². The number of likely N-dealkylation sites (tertiary alicyclic amines) is 1. The molecule has 1 aliphatic rings. The summed E-state index contributed by atoms with van der Waals surface area (Å²) in [5, 5.41) is 6.64. The lowest BCUT2D eigenvalue weighted by molar-refractivity contribution is -0.0498. The van der Waals surface area contributed by atoms with Crippen molar-refractivity contribution in [2.24, 2.45) is 4.99 Å². The Morgan fingerprint density at radius 2 is 1.84 bits per heavy atom. The van der Waals surface area contributed by atoms with Gasteiger partial charge in [-0.1, -0.05) is 30.3 Å². The second-order valence-corrected chi connectivity index (χ2v) is 7.33. The van der Waals surface area contributed by atoms with Crippen molar-refractivity contribution in [1.82, 2.24) is 15.5 Å². The van der Waals surface area contributed by atoms with Crippen molar-refractivity contribution in [1.29, 1.82) is 0 Å². The van der Waals surface area contributed by atoms with Crippen molar-refractivity contribution >= 4 is 29.9 Å². The van der Waals surface area contributed by atoms with E-state index in [1.54, 1.807) is 26.3 Å². The quantitative estimate of drug-likeness (QED) is 0.270. The number of guanidine groups is 1. The minimum Gasteiger partial charge on any atom is -0.496 e. The van der Waals surface area contributed by atoms with Gasteiger partial charge in [-0.3, -0.25) is 9.89 Å². The molecule has 0 bridgehead atoms. The van der Waals surface area contributed by atoms with Crippen LogP contribution in [-0.4, -0.2) is 51.3 Å². The lowest BCUT2D eigenvalue weighted by atomic mass is 10.0. The molecule has 1 saturated heterocycles. The lowest BCUT2D eigenvalue weighted by Crippen LogP contribution is -2.42. The van der Waals surface area contributed by atoms with E-state index in [0.717, 1.165) is 30.0 Å². The Balaban J connectivity index is 0.00000363. The number of methoxy groups -OCH3 is 1. The Bertz CT molecular complexity index is 863. The largest absolute Gasteiger partial charge is 0.496 e. The third kappa shape index (κ3) is 7.47. The van der Waals surface area contributed by atoms with Gasteiger partial charge in [-0.05, 0) is 49.7 Å². The molecule has 0 aliphatic carbocycles. The molecule has 3 rings (SSSR count). The summed E-state index contributed by atoms with van der Waals surface area (Å²) in [5.41, 5.74) is 1.97. The number of rotatable bonds is 9. The maximum atomic E-state index is 12.4. The van der Waals surface area contributed by atoms with Crippen LogP contribution in [0.5, 0.6) is 11.5 Å². The first-order chi connectivity index (χ1) is 15.1. The van der Waals surface area contributed by atoms with Crippen LogP contribution >= 0.6 is 24.0 Å². The number of nitrogens with one attached hydrogen (secondary N) is 2. The molecular weight excluding hydrogens is 529 g/mol. The molecule has 2 aromatic rings. The molecule has 1 heterocycles. The third-order valence-corrected chi connectivity index (χ3v) is 5.35. The average molecular weight is 560 g/mol. The number of alkyl halides is 2. The van der Waals surface area contributed by atoms with Crippen molar-refractivity contribution < 1.29 is 18.3 Å². The Morgan fingerprint density at radius 3 is 2.53 bits per heavy atom. The number of ether oxygens (including phenoxy) is 2. The molecule has 1 atom stereocenters. The number of aliphatic imine (C=N–C) groups is 1. The highest BCUT2D eigenvalue weighted by Crippen LogP contribution is 2.31. The van der Waals surface area contributed by atoms with E-state index in [2.05, 4.69) is 31.3 Å². The molecule has 1 aliphatic heterocycles. The minimum atomic E-state index is -2.84. The highest BCUT2D eigenvalue weighted by molar-refractivity contribution is 14.0. The molecule has 6 nitrogen and oxygen atoms in total. The van der Waals surface area contributed by atoms with Crippen LogP contribution in [0, 0.1) is 0 Å². The SMILES string of the molecule is CN=C(NCc1cccc(OC(F)F)c1)NCC(c1ccccc1OC)N1CCCC1.I. The molecule has 2 aromatic carbocycles. The number of hydrogen-bond acceptors (Lipinski definition) is 4. The summed E-state index contributed by atoms with van der Waals surface area (Å²) in [4.78, 5) is 6.76. The standard InChI is InChI=1S/C23H30F2N4O2.HI/c1-26-23(27-15-17-8-7-9-18(14-17)31-22(24)25)28-16-20(29-12-5-6-13-29)19-10-3-4-11-21(19)30-2;/h3-4,7-11,14,20,22H,5-6,12-13,15-16H2,1-2H3,(H2,26,27,28);1H. The molecule has 0 amide bonds. The fraction of sp³-hybridized carbons (Fsp3) is 0.435. The number of benzene rings is 2. The Kier molecular flexibility index (Phi) is 10.9. The van der Waals surface area contributed by atoms with E-state index >= 15 is 0 Å². The van der Waals surface area contributed by atoms with Crippen molar-refractivity contribution in [3.05, 3.63) is 59.7 Å². The molecule has 0 saturated carbocycles. The summed E-state index contributed by atoms with van der Waals surface area (Å²) in [5.74, 6) is 1.65. The topological polar surface area (TPSA) is 58.1 Å². The van der Waals surface area contributed by atoms with E-state index in [-0.39, 0.29) is 35.8 Å². The van der Waals surface area contributed by atoms with Crippen LogP contribution in [-0.2, 0) is 6.54 Å². The van der Waals surface area contributed by atoms with Crippen LogP contribution in [0.4, 0.5) is 8.78 Å². The van der Waals surface area contributed by atoms with Crippen molar-refractivity contribution in [2.75, 3.05) is 33.8 Å². The number of halogens is 3. The van der Waals surface area contributed by atoms with E-state index < -0.39 is 6.61 Å². The molecule has 32 heavy (non-hydrogen) atoms. The van der Waals surface area contributed by atoms with Gasteiger partial charge in [0.25, 0.3) is 0 Å². The highest BCUT2D eigenvalue weighted by Gasteiger charge is 2.26. The smallest absolute Gasteiger partial charge is 0.387 e. The van der Waals surface area contributed by atoms with Crippen LogP contribution in [0.2, 0.25) is 0 Å². The summed E-state index contributed by atoms with van der Waals surface area (Å²) in [6, 6.07) is 14.9. The molecule has 2 N–H and O–H groups in total. The lowest BCUT2D eigenvalue weighted by Gasteiger charge is -2.30. The van der Waals surface area contributed by atoms with E-state index in [1.165, 1.54) is 18.9 Å². The van der Waals surface area contributed by atoms with Crippen LogP contribution in [0.1, 0.15) is 30.0 Å². The molecule has 0 radical (unpaired) electrons. The van der Waals surface area contributed by atoms with E-state index in [9.17, 15) is 8.78 Å². The average Bonchev–Trinajstić information content (AvgIpc) is 3.30. The predicted octanol–water partition coefficient (Wildman–Crippen LogP) is 4.42. The van der Waals surface area contributed by atoms with E-state index in [1.807, 2.05) is 24.3 Å². The number of para-hydroxylation sites is 1. The third-order valence-electron chi connectivity index (χ3n) is 5.35.